The molecule has 0 aromatic carbocycles. The molecule has 1 rings (SSSR count). The number of nitrogens with zero attached hydrogens (tertiary/aromatic N) is 2. The van der Waals surface area contributed by atoms with E-state index in [0.717, 1.165) is 17.4 Å². The van der Waals surface area contributed by atoms with Gasteiger partial charge in [-0.25, -0.2) is 0 Å². The number of hydrogen-bond donors (Lipinski definition) is 0. The van der Waals surface area contributed by atoms with Crippen LogP contribution in [0, 0.1) is 0 Å². The highest BCUT2D eigenvalue weighted by Crippen LogP contribution is 2.11. The Labute approximate surface area is 83.2 Å². The molecule has 0 radical (unpaired) electrons. The van der Waals surface area contributed by atoms with Crippen molar-refractivity contribution in [1.29, 1.82) is 0 Å². The largest absolute Gasteiger partial charge is 0.298 e. The van der Waals surface area contributed by atoms with Crippen molar-refractivity contribution in [1.82, 2.24) is 4.98 Å². The summed E-state index contributed by atoms with van der Waals surface area (Å²) in [6.45, 7) is 1.92. The molecule has 0 aliphatic rings. The van der Waals surface area contributed by atoms with E-state index in [9.17, 15) is 4.79 Å². The minimum Gasteiger partial charge on any atom is -0.298 e. The molecule has 0 spiro atoms. The number of hydrogen-bond acceptors (Lipinski definition) is 3. The molecule has 0 aliphatic carbocycles. The van der Waals surface area contributed by atoms with Gasteiger partial charge in [0.15, 0.2) is 6.29 Å². The van der Waals surface area contributed by atoms with Crippen molar-refractivity contribution < 1.29 is 4.79 Å². The van der Waals surface area contributed by atoms with Crippen molar-refractivity contribution >= 4 is 18.1 Å². The summed E-state index contributed by atoms with van der Waals surface area (Å²) < 4.78 is 0. The highest BCUT2D eigenvalue weighted by atomic mass is 16.1. The van der Waals surface area contributed by atoms with Gasteiger partial charge in [0.1, 0.15) is 0 Å². The smallest absolute Gasteiger partial charge is 0.151 e. The summed E-state index contributed by atoms with van der Waals surface area (Å²) in [5.74, 6) is 0. The quantitative estimate of drug-likeness (QED) is 0.537. The van der Waals surface area contributed by atoms with Crippen LogP contribution in [0.5, 0.6) is 0 Å². The average Bonchev–Trinajstić information content (AvgIpc) is 2.26. The lowest BCUT2D eigenvalue weighted by atomic mass is 10.1. The number of rotatable bonds is 3. The van der Waals surface area contributed by atoms with E-state index in [4.69, 9.17) is 0 Å². The highest BCUT2D eigenvalue weighted by Gasteiger charge is 1.99. The molecule has 0 unspecified atom stereocenters. The maximum Gasteiger partial charge on any atom is 0.151 e. The monoisotopic (exact) mass is 188 g/mol. The molecule has 0 saturated carbocycles. The van der Waals surface area contributed by atoms with Gasteiger partial charge in [-0.3, -0.25) is 14.8 Å². The SMILES string of the molecule is C/C=C(\C=NC)c1cncc(C=O)c1. The predicted octanol–water partition coefficient (Wildman–Crippen LogP) is 2.00. The van der Waals surface area contributed by atoms with Crippen LogP contribution in [-0.2, 0) is 0 Å². The van der Waals surface area contributed by atoms with Gasteiger partial charge in [0.2, 0.25) is 0 Å². The average molecular weight is 188 g/mol. The summed E-state index contributed by atoms with van der Waals surface area (Å²) in [6.07, 6.45) is 7.70. The van der Waals surface area contributed by atoms with Gasteiger partial charge in [-0.1, -0.05) is 6.08 Å². The molecule has 0 amide bonds. The number of aromatic nitrogens is 1. The Morgan fingerprint density at radius 2 is 2.29 bits per heavy atom. The van der Waals surface area contributed by atoms with E-state index in [0.29, 0.717) is 5.56 Å². The maximum atomic E-state index is 10.5. The van der Waals surface area contributed by atoms with Crippen molar-refractivity contribution in [2.24, 2.45) is 4.99 Å². The van der Waals surface area contributed by atoms with E-state index in [-0.39, 0.29) is 0 Å². The molecule has 14 heavy (non-hydrogen) atoms. The normalized spacial score (nSPS) is 12.0. The Bertz CT molecular complexity index is 381. The molecule has 0 aliphatic heterocycles. The Morgan fingerprint density at radius 3 is 2.86 bits per heavy atom. The van der Waals surface area contributed by atoms with Gasteiger partial charge >= 0.3 is 0 Å². The van der Waals surface area contributed by atoms with Gasteiger partial charge in [-0.2, -0.15) is 0 Å². The fourth-order valence-corrected chi connectivity index (χ4v) is 1.13. The predicted molar refractivity (Wildman–Crippen MR) is 57.7 cm³/mol. The highest BCUT2D eigenvalue weighted by molar-refractivity contribution is 6.09. The Kier molecular flexibility index (Phi) is 3.73. The van der Waals surface area contributed by atoms with Crippen LogP contribution in [0.2, 0.25) is 0 Å². The standard InChI is InChI=1S/C11H12N2O/c1-3-10(6-12-2)11-4-9(8-14)5-13-7-11/h3-8H,1-2H3/b10-3+,12-6?. The van der Waals surface area contributed by atoms with Crippen molar-refractivity contribution in [2.75, 3.05) is 7.05 Å². The molecule has 3 nitrogen and oxygen atoms in total. The van der Waals surface area contributed by atoms with Crippen molar-refractivity contribution in [3.8, 4) is 0 Å². The zero-order valence-electron chi connectivity index (χ0n) is 8.27. The lowest BCUT2D eigenvalue weighted by molar-refractivity contribution is 0.112. The first-order valence-electron chi connectivity index (χ1n) is 4.31. The summed E-state index contributed by atoms with van der Waals surface area (Å²) in [6, 6.07) is 1.79. The number of aliphatic imine (C=N–C) groups is 1. The van der Waals surface area contributed by atoms with Crippen LogP contribution in [0.3, 0.4) is 0 Å². The minimum absolute atomic E-state index is 0.575. The second-order valence-corrected chi connectivity index (χ2v) is 2.76. The summed E-state index contributed by atoms with van der Waals surface area (Å²) in [5, 5.41) is 0. The fourth-order valence-electron chi connectivity index (χ4n) is 1.13. The van der Waals surface area contributed by atoms with E-state index in [1.165, 1.54) is 6.20 Å². The van der Waals surface area contributed by atoms with Gasteiger partial charge in [-0.05, 0) is 18.6 Å². The van der Waals surface area contributed by atoms with E-state index in [2.05, 4.69) is 9.98 Å². The Balaban J connectivity index is 3.11. The fraction of sp³-hybridized carbons (Fsp3) is 0.182. The molecule has 0 N–H and O–H groups in total. The molecule has 0 bridgehead atoms. The molecule has 1 heterocycles. The molecule has 72 valence electrons. The Morgan fingerprint density at radius 1 is 1.50 bits per heavy atom. The summed E-state index contributed by atoms with van der Waals surface area (Å²) in [4.78, 5) is 18.4. The third-order valence-electron chi connectivity index (χ3n) is 1.81. The topological polar surface area (TPSA) is 42.3 Å². The first-order valence-corrected chi connectivity index (χ1v) is 4.31. The first-order chi connectivity index (χ1) is 6.81. The van der Waals surface area contributed by atoms with E-state index in [1.54, 1.807) is 25.5 Å². The summed E-state index contributed by atoms with van der Waals surface area (Å²) >= 11 is 0. The van der Waals surface area contributed by atoms with Gasteiger partial charge < -0.3 is 0 Å². The summed E-state index contributed by atoms with van der Waals surface area (Å²) in [5.41, 5.74) is 2.44. The minimum atomic E-state index is 0.575. The lowest BCUT2D eigenvalue weighted by Crippen LogP contribution is -1.90. The van der Waals surface area contributed by atoms with Crippen LogP contribution in [0.15, 0.2) is 29.5 Å². The molecule has 0 fully saturated rings. The van der Waals surface area contributed by atoms with E-state index < -0.39 is 0 Å². The zero-order chi connectivity index (χ0) is 10.4. The van der Waals surface area contributed by atoms with E-state index in [1.807, 2.05) is 13.0 Å². The third kappa shape index (κ3) is 2.36. The second kappa shape index (κ2) is 5.07. The summed E-state index contributed by atoms with van der Waals surface area (Å²) in [7, 11) is 1.71. The number of aldehydes is 1. The number of allylic oxidation sites excluding steroid dienone is 2. The van der Waals surface area contributed by atoms with Crippen molar-refractivity contribution in [3.05, 3.63) is 35.7 Å². The molecule has 3 heteroatoms. The van der Waals surface area contributed by atoms with Crippen LogP contribution in [0.1, 0.15) is 22.8 Å². The van der Waals surface area contributed by atoms with E-state index >= 15 is 0 Å². The van der Waals surface area contributed by atoms with Crippen molar-refractivity contribution in [3.63, 3.8) is 0 Å². The van der Waals surface area contributed by atoms with Crippen LogP contribution in [-0.4, -0.2) is 24.5 Å². The molecule has 0 saturated heterocycles. The van der Waals surface area contributed by atoms with Crippen LogP contribution < -0.4 is 0 Å². The molecular weight excluding hydrogens is 176 g/mol. The van der Waals surface area contributed by atoms with Crippen LogP contribution >= 0.6 is 0 Å². The Hall–Kier alpha value is -1.77. The van der Waals surface area contributed by atoms with Gasteiger partial charge in [0.25, 0.3) is 0 Å². The van der Waals surface area contributed by atoms with Gasteiger partial charge in [0.05, 0.1) is 0 Å². The molecular formula is C11H12N2O. The molecule has 1 aromatic rings. The zero-order valence-corrected chi connectivity index (χ0v) is 8.27. The third-order valence-corrected chi connectivity index (χ3v) is 1.81. The number of carbonyl (C=O) groups excluding carboxylic acids is 1. The van der Waals surface area contributed by atoms with Gasteiger partial charge in [0, 0.05) is 36.8 Å². The number of carbonyl (C=O) groups is 1. The molecule has 1 aromatic heterocycles. The first kappa shape index (κ1) is 10.3. The number of pyridine rings is 1. The van der Waals surface area contributed by atoms with Crippen LogP contribution in [0.4, 0.5) is 0 Å². The van der Waals surface area contributed by atoms with Gasteiger partial charge in [-0.15, -0.1) is 0 Å². The second-order valence-electron chi connectivity index (χ2n) is 2.76. The van der Waals surface area contributed by atoms with Crippen molar-refractivity contribution in [2.45, 2.75) is 6.92 Å². The maximum absolute atomic E-state index is 10.5. The lowest BCUT2D eigenvalue weighted by Gasteiger charge is -2.00. The van der Waals surface area contributed by atoms with Crippen LogP contribution in [0.25, 0.3) is 5.57 Å². The molecule has 0 atom stereocenters.